The minimum Gasteiger partial charge on any atom is -0.493 e. The molecule has 0 radical (unpaired) electrons. The molecule has 0 aliphatic carbocycles. The molecule has 0 amide bonds. The third-order valence-electron chi connectivity index (χ3n) is 4.17. The van der Waals surface area contributed by atoms with E-state index in [0.29, 0.717) is 5.92 Å². The van der Waals surface area contributed by atoms with Crippen LogP contribution >= 0.6 is 0 Å². The van der Waals surface area contributed by atoms with Crippen LogP contribution < -0.4 is 10.1 Å². The second-order valence-corrected chi connectivity index (χ2v) is 5.56. The van der Waals surface area contributed by atoms with Crippen molar-refractivity contribution in [2.45, 2.75) is 18.9 Å². The smallest absolute Gasteiger partial charge is 0.123 e. The third-order valence-corrected chi connectivity index (χ3v) is 4.17. The average Bonchev–Trinajstić information content (AvgIpc) is 2.46. The largest absolute Gasteiger partial charge is 0.493 e. The molecule has 2 saturated heterocycles. The molecule has 104 valence electrons. The summed E-state index contributed by atoms with van der Waals surface area (Å²) < 4.78 is 18.6. The molecule has 2 atom stereocenters. The number of halogens is 1. The highest BCUT2D eigenvalue weighted by molar-refractivity contribution is 5.22. The van der Waals surface area contributed by atoms with Crippen molar-refractivity contribution < 1.29 is 9.13 Å². The van der Waals surface area contributed by atoms with Crippen molar-refractivity contribution in [1.29, 1.82) is 0 Å². The molecule has 3 nitrogen and oxygen atoms in total. The topological polar surface area (TPSA) is 24.5 Å². The fourth-order valence-corrected chi connectivity index (χ4v) is 3.06. The average molecular weight is 264 g/mol. The number of hydrogen-bond donors (Lipinski definition) is 1. The van der Waals surface area contributed by atoms with E-state index in [4.69, 9.17) is 4.74 Å². The summed E-state index contributed by atoms with van der Waals surface area (Å²) in [7, 11) is 0. The highest BCUT2D eigenvalue weighted by Gasteiger charge is 2.29. The lowest BCUT2D eigenvalue weighted by Crippen LogP contribution is -2.55. The molecule has 1 aromatic rings. The number of nitrogens with one attached hydrogen (secondary N) is 1. The molecule has 2 aliphatic heterocycles. The van der Waals surface area contributed by atoms with Crippen LogP contribution in [0.3, 0.4) is 0 Å². The van der Waals surface area contributed by atoms with Crippen LogP contribution in [-0.2, 0) is 0 Å². The molecule has 2 fully saturated rings. The number of nitrogens with zero attached hydrogens (tertiary/aromatic N) is 1. The predicted molar refractivity (Wildman–Crippen MR) is 72.8 cm³/mol. The van der Waals surface area contributed by atoms with Crippen LogP contribution in [0.15, 0.2) is 24.3 Å². The Kier molecular flexibility index (Phi) is 3.99. The van der Waals surface area contributed by atoms with Gasteiger partial charge in [0, 0.05) is 38.1 Å². The van der Waals surface area contributed by atoms with E-state index >= 15 is 0 Å². The first-order chi connectivity index (χ1) is 9.31. The Morgan fingerprint density at radius 1 is 1.26 bits per heavy atom. The van der Waals surface area contributed by atoms with Gasteiger partial charge in [0.25, 0.3) is 0 Å². The Morgan fingerprint density at radius 2 is 2.11 bits per heavy atom. The van der Waals surface area contributed by atoms with E-state index in [1.165, 1.54) is 25.0 Å². The second kappa shape index (κ2) is 5.88. The SMILES string of the molecule is Fc1ccc(OCC2CCC3CNCCN3C2)cc1. The number of ether oxygens (including phenoxy) is 1. The van der Waals surface area contributed by atoms with E-state index < -0.39 is 0 Å². The zero-order valence-electron chi connectivity index (χ0n) is 11.1. The number of hydrogen-bond acceptors (Lipinski definition) is 3. The Hall–Kier alpha value is -1.13. The molecule has 19 heavy (non-hydrogen) atoms. The number of piperidine rings is 1. The van der Waals surface area contributed by atoms with Crippen molar-refractivity contribution in [1.82, 2.24) is 10.2 Å². The third kappa shape index (κ3) is 3.25. The number of fused-ring (bicyclic) bond motifs is 1. The molecule has 4 heteroatoms. The van der Waals surface area contributed by atoms with Crippen molar-refractivity contribution in [3.63, 3.8) is 0 Å². The van der Waals surface area contributed by atoms with Crippen LogP contribution in [0.4, 0.5) is 4.39 Å². The first-order valence-electron chi connectivity index (χ1n) is 7.14. The van der Waals surface area contributed by atoms with E-state index in [0.717, 1.165) is 44.6 Å². The lowest BCUT2D eigenvalue weighted by Gasteiger charge is -2.42. The molecule has 0 saturated carbocycles. The van der Waals surface area contributed by atoms with E-state index in [9.17, 15) is 4.39 Å². The first-order valence-corrected chi connectivity index (χ1v) is 7.14. The summed E-state index contributed by atoms with van der Waals surface area (Å²) in [5.41, 5.74) is 0. The predicted octanol–water partition coefficient (Wildman–Crippen LogP) is 1.89. The van der Waals surface area contributed by atoms with Gasteiger partial charge < -0.3 is 10.1 Å². The van der Waals surface area contributed by atoms with Crippen molar-refractivity contribution in [3.8, 4) is 5.75 Å². The molecule has 0 spiro atoms. The first kappa shape index (κ1) is 12.9. The van der Waals surface area contributed by atoms with Crippen LogP contribution in [0.1, 0.15) is 12.8 Å². The maximum atomic E-state index is 12.8. The molecule has 2 heterocycles. The zero-order valence-corrected chi connectivity index (χ0v) is 11.1. The van der Waals surface area contributed by atoms with E-state index in [1.54, 1.807) is 12.1 Å². The van der Waals surface area contributed by atoms with Gasteiger partial charge in [0.15, 0.2) is 0 Å². The Bertz CT molecular complexity index is 409. The number of rotatable bonds is 3. The summed E-state index contributed by atoms with van der Waals surface area (Å²) in [6.45, 7) is 5.25. The standard InChI is InChI=1S/C15H21FN2O/c16-13-2-5-15(6-3-13)19-11-12-1-4-14-9-17-7-8-18(14)10-12/h2-3,5-6,12,14,17H,1,4,7-11H2. The Balaban J connectivity index is 1.49. The summed E-state index contributed by atoms with van der Waals surface area (Å²) in [6.07, 6.45) is 2.48. The summed E-state index contributed by atoms with van der Waals surface area (Å²) in [5.74, 6) is 1.15. The summed E-state index contributed by atoms with van der Waals surface area (Å²) >= 11 is 0. The Labute approximate surface area is 113 Å². The molecule has 2 aliphatic rings. The van der Waals surface area contributed by atoms with Crippen LogP contribution in [0.2, 0.25) is 0 Å². The maximum absolute atomic E-state index is 12.8. The molecular formula is C15H21FN2O. The van der Waals surface area contributed by atoms with Gasteiger partial charge in [0.05, 0.1) is 6.61 Å². The summed E-state index contributed by atoms with van der Waals surface area (Å²) in [4.78, 5) is 2.58. The van der Waals surface area contributed by atoms with Crippen molar-refractivity contribution >= 4 is 0 Å². The highest BCUT2D eigenvalue weighted by Crippen LogP contribution is 2.24. The van der Waals surface area contributed by atoms with Gasteiger partial charge in [-0.2, -0.15) is 0 Å². The minimum absolute atomic E-state index is 0.214. The highest BCUT2D eigenvalue weighted by atomic mass is 19.1. The van der Waals surface area contributed by atoms with E-state index in [-0.39, 0.29) is 5.82 Å². The summed E-state index contributed by atoms with van der Waals surface area (Å²) in [5, 5.41) is 3.45. The van der Waals surface area contributed by atoms with Gasteiger partial charge in [-0.3, -0.25) is 4.90 Å². The number of piperazine rings is 1. The van der Waals surface area contributed by atoms with Gasteiger partial charge in [-0.25, -0.2) is 4.39 Å². The van der Waals surface area contributed by atoms with Crippen LogP contribution in [-0.4, -0.2) is 43.7 Å². The molecular weight excluding hydrogens is 243 g/mol. The summed E-state index contributed by atoms with van der Waals surface area (Å²) in [6, 6.07) is 7.01. The second-order valence-electron chi connectivity index (χ2n) is 5.56. The van der Waals surface area contributed by atoms with Crippen molar-refractivity contribution in [3.05, 3.63) is 30.1 Å². The van der Waals surface area contributed by atoms with Crippen molar-refractivity contribution in [2.24, 2.45) is 5.92 Å². The molecule has 0 bridgehead atoms. The molecule has 2 unspecified atom stereocenters. The van der Waals surface area contributed by atoms with Crippen LogP contribution in [0.25, 0.3) is 0 Å². The van der Waals surface area contributed by atoms with Crippen LogP contribution in [0.5, 0.6) is 5.75 Å². The monoisotopic (exact) mass is 264 g/mol. The normalized spacial score (nSPS) is 27.8. The molecule has 1 N–H and O–H groups in total. The Morgan fingerprint density at radius 3 is 2.95 bits per heavy atom. The van der Waals surface area contributed by atoms with Crippen molar-refractivity contribution in [2.75, 3.05) is 32.8 Å². The fraction of sp³-hybridized carbons (Fsp3) is 0.600. The van der Waals surface area contributed by atoms with Gasteiger partial charge in [-0.15, -0.1) is 0 Å². The molecule has 1 aromatic carbocycles. The van der Waals surface area contributed by atoms with Crippen LogP contribution in [0, 0.1) is 11.7 Å². The lowest BCUT2D eigenvalue weighted by molar-refractivity contribution is 0.0650. The number of benzene rings is 1. The lowest BCUT2D eigenvalue weighted by atomic mass is 9.92. The van der Waals surface area contributed by atoms with Gasteiger partial charge in [-0.05, 0) is 37.1 Å². The van der Waals surface area contributed by atoms with E-state index in [2.05, 4.69) is 10.2 Å². The zero-order chi connectivity index (χ0) is 13.1. The van der Waals surface area contributed by atoms with Gasteiger partial charge >= 0.3 is 0 Å². The van der Waals surface area contributed by atoms with E-state index in [1.807, 2.05) is 0 Å². The van der Waals surface area contributed by atoms with Gasteiger partial charge in [0.2, 0.25) is 0 Å². The quantitative estimate of drug-likeness (QED) is 0.902. The maximum Gasteiger partial charge on any atom is 0.123 e. The molecule has 3 rings (SSSR count). The minimum atomic E-state index is -0.214. The molecule has 0 aromatic heterocycles. The fourth-order valence-electron chi connectivity index (χ4n) is 3.06. The van der Waals surface area contributed by atoms with Gasteiger partial charge in [-0.1, -0.05) is 0 Å². The van der Waals surface area contributed by atoms with Gasteiger partial charge in [0.1, 0.15) is 11.6 Å².